The molecule has 3 aromatic rings. The van der Waals surface area contributed by atoms with E-state index in [4.69, 9.17) is 14.0 Å². The molecule has 0 aliphatic carbocycles. The first kappa shape index (κ1) is 19.5. The number of aromatic nitrogens is 1. The summed E-state index contributed by atoms with van der Waals surface area (Å²) >= 11 is 1.47. The maximum Gasteiger partial charge on any atom is 0.260 e. The first-order valence-corrected chi connectivity index (χ1v) is 10.2. The maximum absolute atomic E-state index is 13.5. The van der Waals surface area contributed by atoms with Crippen LogP contribution in [0.1, 0.15) is 40.3 Å². The molecule has 3 heterocycles. The SMILES string of the molecule is COc1cc2c(cc1OC)CN(C(=O)c1c(-c3cccs3)noc1C(C)O)CC2. The normalized spacial score (nSPS) is 14.4. The molecular weight excluding hydrogens is 392 g/mol. The van der Waals surface area contributed by atoms with Crippen molar-refractivity contribution in [1.82, 2.24) is 10.1 Å². The molecule has 1 unspecified atom stereocenters. The van der Waals surface area contributed by atoms with Gasteiger partial charge in [0.25, 0.3) is 5.91 Å². The Balaban J connectivity index is 1.69. The summed E-state index contributed by atoms with van der Waals surface area (Å²) < 4.78 is 16.1. The quantitative estimate of drug-likeness (QED) is 0.686. The molecule has 29 heavy (non-hydrogen) atoms. The van der Waals surface area contributed by atoms with E-state index < -0.39 is 6.10 Å². The second kappa shape index (κ2) is 7.88. The zero-order chi connectivity index (χ0) is 20.5. The van der Waals surface area contributed by atoms with Crippen molar-refractivity contribution in [3.63, 3.8) is 0 Å². The number of rotatable bonds is 5. The van der Waals surface area contributed by atoms with Crippen molar-refractivity contribution in [2.24, 2.45) is 0 Å². The van der Waals surface area contributed by atoms with E-state index in [9.17, 15) is 9.90 Å². The van der Waals surface area contributed by atoms with Crippen LogP contribution in [-0.4, -0.2) is 41.8 Å². The lowest BCUT2D eigenvalue weighted by Crippen LogP contribution is -2.36. The van der Waals surface area contributed by atoms with Gasteiger partial charge in [-0.2, -0.15) is 0 Å². The highest BCUT2D eigenvalue weighted by Crippen LogP contribution is 2.36. The first-order valence-electron chi connectivity index (χ1n) is 9.28. The molecule has 7 nitrogen and oxygen atoms in total. The van der Waals surface area contributed by atoms with Crippen molar-refractivity contribution in [3.05, 3.63) is 52.1 Å². The Labute approximate surface area is 172 Å². The fourth-order valence-corrected chi connectivity index (χ4v) is 4.30. The largest absolute Gasteiger partial charge is 0.493 e. The van der Waals surface area contributed by atoms with Crippen LogP contribution < -0.4 is 9.47 Å². The molecule has 1 amide bonds. The minimum Gasteiger partial charge on any atom is -0.493 e. The molecule has 2 aromatic heterocycles. The lowest BCUT2D eigenvalue weighted by atomic mass is 9.97. The van der Waals surface area contributed by atoms with Gasteiger partial charge in [-0.25, -0.2) is 0 Å². The van der Waals surface area contributed by atoms with Crippen LogP contribution in [-0.2, 0) is 13.0 Å². The van der Waals surface area contributed by atoms with Gasteiger partial charge < -0.3 is 24.0 Å². The monoisotopic (exact) mass is 414 g/mol. The molecule has 1 N–H and O–H groups in total. The van der Waals surface area contributed by atoms with Gasteiger partial charge in [-0.05, 0) is 48.1 Å². The van der Waals surface area contributed by atoms with Gasteiger partial charge in [-0.15, -0.1) is 11.3 Å². The van der Waals surface area contributed by atoms with Crippen LogP contribution in [0.4, 0.5) is 0 Å². The number of benzene rings is 1. The first-order chi connectivity index (χ1) is 14.0. The fraction of sp³-hybridized carbons (Fsp3) is 0.333. The second-order valence-electron chi connectivity index (χ2n) is 6.88. The topological polar surface area (TPSA) is 85.0 Å². The molecule has 8 heteroatoms. The fourth-order valence-electron chi connectivity index (χ4n) is 3.59. The molecule has 0 saturated carbocycles. The van der Waals surface area contributed by atoms with Gasteiger partial charge in [-0.3, -0.25) is 4.79 Å². The zero-order valence-electron chi connectivity index (χ0n) is 16.5. The number of aliphatic hydroxyl groups is 1. The average molecular weight is 414 g/mol. The Hall–Kier alpha value is -2.84. The summed E-state index contributed by atoms with van der Waals surface area (Å²) in [6.07, 6.45) is -0.234. The summed E-state index contributed by atoms with van der Waals surface area (Å²) in [5.74, 6) is 1.30. The number of methoxy groups -OCH3 is 2. The number of amides is 1. The van der Waals surface area contributed by atoms with Gasteiger partial charge in [0.1, 0.15) is 17.4 Å². The summed E-state index contributed by atoms with van der Waals surface area (Å²) in [6.45, 7) is 2.55. The Morgan fingerprint density at radius 3 is 2.62 bits per heavy atom. The van der Waals surface area contributed by atoms with E-state index in [1.807, 2.05) is 29.6 Å². The molecule has 0 fully saturated rings. The van der Waals surface area contributed by atoms with Gasteiger partial charge in [0, 0.05) is 13.1 Å². The van der Waals surface area contributed by atoms with E-state index in [2.05, 4.69) is 5.16 Å². The number of hydrogen-bond donors (Lipinski definition) is 1. The standard InChI is InChI=1S/C21H22N2O5S/c1-12(24)20-18(19(22-28-20)17-5-4-8-29-17)21(25)23-7-6-13-9-15(26-2)16(27-3)10-14(13)11-23/h4-5,8-10,12,24H,6-7,11H2,1-3H3. The van der Waals surface area contributed by atoms with Crippen molar-refractivity contribution >= 4 is 17.2 Å². The predicted molar refractivity (Wildman–Crippen MR) is 108 cm³/mol. The number of thiophene rings is 1. The van der Waals surface area contributed by atoms with E-state index in [1.165, 1.54) is 11.3 Å². The predicted octanol–water partition coefficient (Wildman–Crippen LogP) is 3.67. The van der Waals surface area contributed by atoms with Crippen LogP contribution in [0.2, 0.25) is 0 Å². The third kappa shape index (κ3) is 3.49. The number of nitrogens with zero attached hydrogens (tertiary/aromatic N) is 2. The molecule has 0 bridgehead atoms. The van der Waals surface area contributed by atoms with E-state index in [0.717, 1.165) is 16.0 Å². The number of hydrogen-bond acceptors (Lipinski definition) is 7. The Bertz CT molecular complexity index is 1030. The molecule has 1 atom stereocenters. The number of aliphatic hydroxyl groups excluding tert-OH is 1. The van der Waals surface area contributed by atoms with Crippen molar-refractivity contribution in [2.75, 3.05) is 20.8 Å². The summed E-state index contributed by atoms with van der Waals surface area (Å²) in [6, 6.07) is 7.65. The van der Waals surface area contributed by atoms with Crippen LogP contribution in [0.5, 0.6) is 11.5 Å². The molecule has 152 valence electrons. The minimum atomic E-state index is -0.934. The summed E-state index contributed by atoms with van der Waals surface area (Å²) in [5, 5.41) is 16.1. The second-order valence-corrected chi connectivity index (χ2v) is 7.82. The van der Waals surface area contributed by atoms with Gasteiger partial charge >= 0.3 is 0 Å². The number of carbonyl (C=O) groups excluding carboxylic acids is 1. The van der Waals surface area contributed by atoms with E-state index in [1.54, 1.807) is 26.0 Å². The number of carbonyl (C=O) groups is 1. The van der Waals surface area contributed by atoms with Crippen molar-refractivity contribution < 1.29 is 23.9 Å². The molecular formula is C21H22N2O5S. The molecule has 4 rings (SSSR count). The van der Waals surface area contributed by atoms with Crippen molar-refractivity contribution in [1.29, 1.82) is 0 Å². The Morgan fingerprint density at radius 1 is 1.28 bits per heavy atom. The molecule has 0 spiro atoms. The lowest BCUT2D eigenvalue weighted by molar-refractivity contribution is 0.0723. The molecule has 1 aliphatic rings. The highest BCUT2D eigenvalue weighted by atomic mass is 32.1. The van der Waals surface area contributed by atoms with Crippen LogP contribution in [0.3, 0.4) is 0 Å². The van der Waals surface area contributed by atoms with E-state index in [0.29, 0.717) is 42.3 Å². The van der Waals surface area contributed by atoms with Gasteiger partial charge in [0.05, 0.1) is 19.1 Å². The van der Waals surface area contributed by atoms with Gasteiger partial charge in [-0.1, -0.05) is 11.2 Å². The number of fused-ring (bicyclic) bond motifs is 1. The van der Waals surface area contributed by atoms with Crippen molar-refractivity contribution in [3.8, 4) is 22.1 Å². The minimum absolute atomic E-state index is 0.191. The van der Waals surface area contributed by atoms with E-state index >= 15 is 0 Å². The Kier molecular flexibility index (Phi) is 5.29. The maximum atomic E-state index is 13.5. The van der Waals surface area contributed by atoms with Crippen LogP contribution in [0.25, 0.3) is 10.6 Å². The molecule has 1 aromatic carbocycles. The Morgan fingerprint density at radius 2 is 2.00 bits per heavy atom. The molecule has 0 saturated heterocycles. The third-order valence-electron chi connectivity index (χ3n) is 5.07. The zero-order valence-corrected chi connectivity index (χ0v) is 17.3. The summed E-state index contributed by atoms with van der Waals surface area (Å²) in [4.78, 5) is 16.0. The smallest absolute Gasteiger partial charge is 0.260 e. The van der Waals surface area contributed by atoms with Crippen molar-refractivity contribution in [2.45, 2.75) is 26.0 Å². The highest BCUT2D eigenvalue weighted by molar-refractivity contribution is 7.13. The lowest BCUT2D eigenvalue weighted by Gasteiger charge is -2.29. The van der Waals surface area contributed by atoms with Crippen LogP contribution >= 0.6 is 11.3 Å². The summed E-state index contributed by atoms with van der Waals surface area (Å²) in [7, 11) is 3.20. The summed E-state index contributed by atoms with van der Waals surface area (Å²) in [5.41, 5.74) is 2.94. The molecule has 1 aliphatic heterocycles. The van der Waals surface area contributed by atoms with Crippen LogP contribution in [0, 0.1) is 0 Å². The third-order valence-corrected chi connectivity index (χ3v) is 5.95. The number of ether oxygens (including phenoxy) is 2. The van der Waals surface area contributed by atoms with E-state index in [-0.39, 0.29) is 11.7 Å². The highest BCUT2D eigenvalue weighted by Gasteiger charge is 2.32. The molecule has 0 radical (unpaired) electrons. The van der Waals surface area contributed by atoms with Crippen LogP contribution in [0.15, 0.2) is 34.2 Å². The van der Waals surface area contributed by atoms with Gasteiger partial charge in [0.15, 0.2) is 17.3 Å². The van der Waals surface area contributed by atoms with Gasteiger partial charge in [0.2, 0.25) is 0 Å². The average Bonchev–Trinajstić information content (AvgIpc) is 3.41.